The van der Waals surface area contributed by atoms with Crippen LogP contribution in [0.2, 0.25) is 0 Å². The van der Waals surface area contributed by atoms with Crippen molar-refractivity contribution in [2.24, 2.45) is 11.8 Å². The van der Waals surface area contributed by atoms with Crippen LogP contribution in [0.15, 0.2) is 0 Å². The van der Waals surface area contributed by atoms with Crippen LogP contribution in [-0.2, 0) is 28.8 Å². The van der Waals surface area contributed by atoms with E-state index >= 15 is 0 Å². The van der Waals surface area contributed by atoms with Gasteiger partial charge in [0.15, 0.2) is 0 Å². The highest BCUT2D eigenvalue weighted by Crippen LogP contribution is 2.24. The summed E-state index contributed by atoms with van der Waals surface area (Å²) in [5, 5.41) is 30.1. The third-order valence-electron chi connectivity index (χ3n) is 8.14. The van der Waals surface area contributed by atoms with Crippen LogP contribution in [-0.4, -0.2) is 118 Å². The molecule has 5 amide bonds. The molecule has 4 saturated heterocycles. The Hall–Kier alpha value is -3.26. The monoisotopic (exact) mass is 594 g/mol. The third-order valence-corrected chi connectivity index (χ3v) is 8.14. The van der Waals surface area contributed by atoms with Gasteiger partial charge in [-0.3, -0.25) is 33.7 Å². The van der Waals surface area contributed by atoms with Gasteiger partial charge in [-0.2, -0.15) is 0 Å². The molecule has 0 saturated carbocycles. The van der Waals surface area contributed by atoms with Crippen LogP contribution in [0.3, 0.4) is 0 Å². The van der Waals surface area contributed by atoms with Gasteiger partial charge in [0.25, 0.3) is 0 Å². The molecule has 0 aromatic carbocycles. The topological polar surface area (TPSA) is 197 Å². The largest absolute Gasteiger partial charge is 0.481 e. The first kappa shape index (κ1) is 33.2. The number of carbonyl (C=O) groups is 6. The standard InChI is InChI=1S/C28H46N6O8/c1-15(2)12-19-25(39)31-20(13-22(36)37)26(40)32-23(17(4)35)27(41)29-16(3)14-34-9-5-6-21(34)28(42)33-10-7-18(8-11-33)24(38)30-19/h15-21,23,35H,5-14H2,1-4H3,(H,29,41)(H,30,38)(H,31,39)(H,32,40)(H,36,37)/t16-,17+,19-,20-,21-,23+/m0/s1. The van der Waals surface area contributed by atoms with Gasteiger partial charge in [-0.1, -0.05) is 13.8 Å². The van der Waals surface area contributed by atoms with Crippen molar-refractivity contribution in [1.29, 1.82) is 0 Å². The molecular weight excluding hydrogens is 548 g/mol. The van der Waals surface area contributed by atoms with Gasteiger partial charge in [0.05, 0.1) is 18.6 Å². The maximum Gasteiger partial charge on any atom is 0.305 e. The van der Waals surface area contributed by atoms with Gasteiger partial charge in [-0.05, 0) is 58.4 Å². The number of aliphatic carboxylic acids is 1. The SMILES string of the molecule is CC(C)C[C@@H]1NC(=O)C2CCN(CC2)C(=O)[C@@H]2CCCN2C[C@H](C)NC(=O)[C@@H]([C@@H](C)O)NC(=O)[C@H](CC(=O)O)NC1=O. The molecule has 4 aliphatic heterocycles. The molecule has 4 fully saturated rings. The lowest BCUT2D eigenvalue weighted by Gasteiger charge is -2.36. The maximum atomic E-state index is 13.4. The summed E-state index contributed by atoms with van der Waals surface area (Å²) in [6.07, 6.45) is 0.527. The Morgan fingerprint density at radius 2 is 1.48 bits per heavy atom. The Kier molecular flexibility index (Phi) is 11.7. The lowest BCUT2D eigenvalue weighted by Crippen LogP contribution is -2.61. The van der Waals surface area contributed by atoms with Crippen LogP contribution in [0.5, 0.6) is 0 Å². The summed E-state index contributed by atoms with van der Waals surface area (Å²) in [7, 11) is 0. The van der Waals surface area contributed by atoms with Gasteiger partial charge in [-0.15, -0.1) is 0 Å². The number of piperidine rings is 1. The number of rotatable bonds is 5. The van der Waals surface area contributed by atoms with Gasteiger partial charge >= 0.3 is 5.97 Å². The molecule has 0 radical (unpaired) electrons. The molecule has 0 aromatic heterocycles. The van der Waals surface area contributed by atoms with Gasteiger partial charge in [0.2, 0.25) is 29.5 Å². The Morgan fingerprint density at radius 1 is 0.857 bits per heavy atom. The number of hydrogen-bond acceptors (Lipinski definition) is 8. The first-order valence-electron chi connectivity index (χ1n) is 14.9. The lowest BCUT2D eigenvalue weighted by atomic mass is 9.94. The van der Waals surface area contributed by atoms with Crippen molar-refractivity contribution in [3.05, 3.63) is 0 Å². The molecule has 0 aromatic rings. The normalized spacial score (nSPS) is 31.6. The minimum absolute atomic E-state index is 0.00468. The fourth-order valence-electron chi connectivity index (χ4n) is 5.93. The zero-order valence-corrected chi connectivity index (χ0v) is 24.9. The van der Waals surface area contributed by atoms with Crippen LogP contribution in [0.25, 0.3) is 0 Å². The summed E-state index contributed by atoms with van der Waals surface area (Å²) < 4.78 is 0. The molecule has 4 heterocycles. The Bertz CT molecular complexity index is 1030. The van der Waals surface area contributed by atoms with Crippen LogP contribution < -0.4 is 21.3 Å². The molecule has 0 spiro atoms. The van der Waals surface area contributed by atoms with Gasteiger partial charge in [0.1, 0.15) is 18.1 Å². The highest BCUT2D eigenvalue weighted by Gasteiger charge is 2.39. The summed E-state index contributed by atoms with van der Waals surface area (Å²) in [6, 6.07) is -4.80. The average molecular weight is 595 g/mol. The molecule has 14 heteroatoms. The fourth-order valence-corrected chi connectivity index (χ4v) is 5.93. The molecule has 14 nitrogen and oxygen atoms in total. The Morgan fingerprint density at radius 3 is 2.07 bits per heavy atom. The van der Waals surface area contributed by atoms with Crippen molar-refractivity contribution in [3.63, 3.8) is 0 Å². The molecular formula is C28H46N6O8. The zero-order chi connectivity index (χ0) is 31.1. The number of aliphatic hydroxyl groups is 1. The van der Waals surface area contributed by atoms with Crippen LogP contribution in [0, 0.1) is 11.8 Å². The molecule has 42 heavy (non-hydrogen) atoms. The minimum atomic E-state index is -1.56. The van der Waals surface area contributed by atoms with E-state index in [0.717, 1.165) is 6.42 Å². The molecule has 4 rings (SSSR count). The van der Waals surface area contributed by atoms with Gasteiger partial charge in [-0.25, -0.2) is 0 Å². The number of amides is 5. The first-order chi connectivity index (χ1) is 19.8. The van der Waals surface area contributed by atoms with E-state index < -0.39 is 66.3 Å². The van der Waals surface area contributed by atoms with Gasteiger partial charge in [0, 0.05) is 31.6 Å². The molecule has 4 aliphatic rings. The van der Waals surface area contributed by atoms with Crippen molar-refractivity contribution in [1.82, 2.24) is 31.1 Å². The Balaban J connectivity index is 1.91. The van der Waals surface area contributed by atoms with E-state index in [2.05, 4.69) is 21.3 Å². The van der Waals surface area contributed by atoms with E-state index in [4.69, 9.17) is 0 Å². The third kappa shape index (κ3) is 8.87. The van der Waals surface area contributed by atoms with Gasteiger partial charge < -0.3 is 36.4 Å². The highest BCUT2D eigenvalue weighted by atomic mass is 16.4. The number of hydrogen-bond donors (Lipinski definition) is 6. The maximum absolute atomic E-state index is 13.4. The van der Waals surface area contributed by atoms with Crippen molar-refractivity contribution in [3.8, 4) is 0 Å². The van der Waals surface area contributed by atoms with E-state index in [1.54, 1.807) is 11.8 Å². The smallest absolute Gasteiger partial charge is 0.305 e. The van der Waals surface area contributed by atoms with Crippen molar-refractivity contribution in [2.75, 3.05) is 26.2 Å². The molecule has 236 valence electrons. The number of carbonyl (C=O) groups excluding carboxylic acids is 5. The number of carboxylic acids is 1. The number of fused-ring (bicyclic) bond motifs is 14. The molecule has 6 atom stereocenters. The molecule has 0 unspecified atom stereocenters. The first-order valence-corrected chi connectivity index (χ1v) is 14.9. The number of carboxylic acid groups (broad SMARTS) is 1. The molecule has 2 bridgehead atoms. The second-order valence-corrected chi connectivity index (χ2v) is 12.2. The van der Waals surface area contributed by atoms with Crippen LogP contribution >= 0.6 is 0 Å². The van der Waals surface area contributed by atoms with E-state index in [1.807, 2.05) is 18.7 Å². The number of aliphatic hydroxyl groups excluding tert-OH is 1. The van der Waals surface area contributed by atoms with Crippen molar-refractivity contribution in [2.45, 2.75) is 103 Å². The van der Waals surface area contributed by atoms with Crippen molar-refractivity contribution < 1.29 is 39.0 Å². The summed E-state index contributed by atoms with van der Waals surface area (Å²) in [5.74, 6) is -4.49. The highest BCUT2D eigenvalue weighted by molar-refractivity contribution is 5.96. The summed E-state index contributed by atoms with van der Waals surface area (Å²) >= 11 is 0. The lowest BCUT2D eigenvalue weighted by molar-refractivity contribution is -0.142. The number of nitrogens with one attached hydrogen (secondary N) is 4. The predicted molar refractivity (Wildman–Crippen MR) is 151 cm³/mol. The predicted octanol–water partition coefficient (Wildman–Crippen LogP) is -1.44. The van der Waals surface area contributed by atoms with Crippen LogP contribution in [0.4, 0.5) is 0 Å². The summed E-state index contributed by atoms with van der Waals surface area (Å²) in [5.41, 5.74) is 0. The van der Waals surface area contributed by atoms with Crippen LogP contribution in [0.1, 0.15) is 66.2 Å². The quantitative estimate of drug-likeness (QED) is 0.207. The second-order valence-electron chi connectivity index (χ2n) is 12.2. The average Bonchev–Trinajstić information content (AvgIpc) is 3.36. The van der Waals surface area contributed by atoms with E-state index in [9.17, 15) is 39.0 Å². The van der Waals surface area contributed by atoms with E-state index in [0.29, 0.717) is 45.4 Å². The summed E-state index contributed by atoms with van der Waals surface area (Å²) in [6.45, 7) is 8.66. The second kappa shape index (κ2) is 14.8. The molecule has 6 N–H and O–H groups in total. The zero-order valence-electron chi connectivity index (χ0n) is 24.9. The van der Waals surface area contributed by atoms with Crippen molar-refractivity contribution >= 4 is 35.5 Å². The Labute approximate surface area is 246 Å². The summed E-state index contributed by atoms with van der Waals surface area (Å²) in [4.78, 5) is 81.6. The van der Waals surface area contributed by atoms with E-state index in [1.165, 1.54) is 6.92 Å². The van der Waals surface area contributed by atoms with E-state index in [-0.39, 0.29) is 30.2 Å². The minimum Gasteiger partial charge on any atom is -0.481 e. The molecule has 0 aliphatic carbocycles. The number of nitrogens with zero attached hydrogens (tertiary/aromatic N) is 2. The fraction of sp³-hybridized carbons (Fsp3) is 0.786.